The van der Waals surface area contributed by atoms with E-state index in [2.05, 4.69) is 74.8 Å². The monoisotopic (exact) mass is 498 g/mol. The van der Waals surface area contributed by atoms with E-state index < -0.39 is 0 Å². The van der Waals surface area contributed by atoms with Gasteiger partial charge in [-0.15, -0.1) is 5.10 Å². The molecule has 1 amide bonds. The molecule has 0 bridgehead atoms. The predicted octanol–water partition coefficient (Wildman–Crippen LogP) is 6.32. The number of fused-ring (bicyclic) bond motifs is 1. The van der Waals surface area contributed by atoms with E-state index in [1.165, 1.54) is 0 Å². The maximum Gasteiger partial charge on any atom is 0.224 e. The highest BCUT2D eigenvalue weighted by atomic mass is 16.1. The molecule has 0 saturated heterocycles. The van der Waals surface area contributed by atoms with Gasteiger partial charge < -0.3 is 5.32 Å². The predicted molar refractivity (Wildman–Crippen MR) is 150 cm³/mol. The smallest absolute Gasteiger partial charge is 0.224 e. The first-order valence-corrected chi connectivity index (χ1v) is 12.6. The first kappa shape index (κ1) is 23.4. The molecule has 0 aliphatic heterocycles. The summed E-state index contributed by atoms with van der Waals surface area (Å²) in [6.45, 7) is 2.42. The average Bonchev–Trinajstić information content (AvgIpc) is 3.59. The second-order valence-electron chi connectivity index (χ2n) is 9.08. The number of anilines is 1. The van der Waals surface area contributed by atoms with Crippen molar-refractivity contribution in [3.05, 3.63) is 115 Å². The molecule has 0 spiro atoms. The minimum atomic E-state index is -0.0196. The van der Waals surface area contributed by atoms with Gasteiger partial charge in [-0.2, -0.15) is 0 Å². The Bertz CT molecular complexity index is 1720. The lowest BCUT2D eigenvalue weighted by Gasteiger charge is -2.07. The molecule has 0 fully saturated rings. The number of nitrogens with zero attached hydrogens (tertiary/aromatic N) is 5. The van der Waals surface area contributed by atoms with Gasteiger partial charge in [0.05, 0.1) is 24.1 Å². The zero-order valence-corrected chi connectivity index (χ0v) is 21.0. The number of benzene rings is 3. The molecule has 0 atom stereocenters. The van der Waals surface area contributed by atoms with Crippen LogP contribution in [0.1, 0.15) is 18.9 Å². The first-order chi connectivity index (χ1) is 18.7. The number of hydrogen-bond donors (Lipinski definition) is 1. The molecule has 186 valence electrons. The third-order valence-electron chi connectivity index (χ3n) is 6.45. The Balaban J connectivity index is 1.24. The Morgan fingerprint density at radius 3 is 2.45 bits per heavy atom. The number of rotatable bonds is 7. The number of pyridine rings is 1. The van der Waals surface area contributed by atoms with Gasteiger partial charge in [0.15, 0.2) is 0 Å². The Kier molecular flexibility index (Phi) is 6.24. The molecule has 6 rings (SSSR count). The van der Waals surface area contributed by atoms with Gasteiger partial charge in [0.2, 0.25) is 5.91 Å². The van der Waals surface area contributed by atoms with E-state index in [-0.39, 0.29) is 5.91 Å². The third-order valence-corrected chi connectivity index (χ3v) is 6.45. The van der Waals surface area contributed by atoms with Crippen LogP contribution in [0.4, 0.5) is 5.69 Å². The topological polar surface area (TPSA) is 77.1 Å². The van der Waals surface area contributed by atoms with Crippen LogP contribution in [-0.4, -0.2) is 30.3 Å². The van der Waals surface area contributed by atoms with Crippen molar-refractivity contribution in [3.8, 4) is 33.8 Å². The van der Waals surface area contributed by atoms with Gasteiger partial charge in [-0.1, -0.05) is 84.9 Å². The number of aromatic nitrogens is 5. The standard InChI is InChI=1S/C31H26N6O/c1-2-29(38)32-26-12-8-11-25(19-26)27-21-36(35-34-27)20-22-14-16-23(17-15-22)30-31(24-9-4-3-5-10-24)37-18-7-6-13-28(37)33-30/h3-19,21H,2,20H2,1H3,(H,32,38). The van der Waals surface area contributed by atoms with Gasteiger partial charge in [-0.05, 0) is 29.8 Å². The number of hydrogen-bond acceptors (Lipinski definition) is 4. The van der Waals surface area contributed by atoms with E-state index in [0.717, 1.165) is 50.7 Å². The molecule has 3 aromatic carbocycles. The second kappa shape index (κ2) is 10.1. The van der Waals surface area contributed by atoms with Crippen LogP contribution < -0.4 is 5.32 Å². The van der Waals surface area contributed by atoms with Crippen molar-refractivity contribution in [2.24, 2.45) is 0 Å². The molecule has 7 nitrogen and oxygen atoms in total. The zero-order valence-electron chi connectivity index (χ0n) is 21.0. The van der Waals surface area contributed by atoms with Crippen LogP contribution in [0, 0.1) is 0 Å². The molecule has 7 heteroatoms. The quantitative estimate of drug-likeness (QED) is 0.279. The van der Waals surface area contributed by atoms with E-state index in [0.29, 0.717) is 13.0 Å². The minimum Gasteiger partial charge on any atom is -0.326 e. The van der Waals surface area contributed by atoms with Gasteiger partial charge in [0.25, 0.3) is 0 Å². The summed E-state index contributed by atoms with van der Waals surface area (Å²) in [7, 11) is 0. The Hall–Kier alpha value is -5.04. The second-order valence-corrected chi connectivity index (χ2v) is 9.08. The molecule has 0 aliphatic rings. The zero-order chi connectivity index (χ0) is 25.9. The summed E-state index contributed by atoms with van der Waals surface area (Å²) in [6.07, 6.45) is 4.41. The molecule has 0 saturated carbocycles. The lowest BCUT2D eigenvalue weighted by molar-refractivity contribution is -0.115. The van der Waals surface area contributed by atoms with Crippen LogP contribution in [0.25, 0.3) is 39.4 Å². The maximum atomic E-state index is 11.7. The van der Waals surface area contributed by atoms with Gasteiger partial charge in [-0.25, -0.2) is 9.67 Å². The summed E-state index contributed by atoms with van der Waals surface area (Å²) in [5, 5.41) is 11.6. The molecule has 1 N–H and O–H groups in total. The van der Waals surface area contributed by atoms with Crippen molar-refractivity contribution < 1.29 is 4.79 Å². The fourth-order valence-corrected chi connectivity index (χ4v) is 4.54. The number of amides is 1. The Labute approximate surface area is 220 Å². The van der Waals surface area contributed by atoms with Gasteiger partial charge in [0.1, 0.15) is 11.3 Å². The lowest BCUT2D eigenvalue weighted by atomic mass is 10.0. The first-order valence-electron chi connectivity index (χ1n) is 12.6. The van der Waals surface area contributed by atoms with E-state index in [4.69, 9.17) is 4.98 Å². The van der Waals surface area contributed by atoms with Crippen LogP contribution in [0.5, 0.6) is 0 Å². The highest BCUT2D eigenvalue weighted by molar-refractivity contribution is 5.91. The SMILES string of the molecule is CCC(=O)Nc1cccc(-c2cn(Cc3ccc(-c4nc5ccccn5c4-c4ccccc4)cc3)nn2)c1. The van der Waals surface area contributed by atoms with Crippen molar-refractivity contribution in [2.75, 3.05) is 5.32 Å². The summed E-state index contributed by atoms with van der Waals surface area (Å²) < 4.78 is 3.96. The Morgan fingerprint density at radius 2 is 1.63 bits per heavy atom. The van der Waals surface area contributed by atoms with Crippen LogP contribution in [0.2, 0.25) is 0 Å². The van der Waals surface area contributed by atoms with Crippen molar-refractivity contribution >= 4 is 17.2 Å². The fourth-order valence-electron chi connectivity index (χ4n) is 4.54. The van der Waals surface area contributed by atoms with E-state index >= 15 is 0 Å². The number of nitrogens with one attached hydrogen (secondary N) is 1. The van der Waals surface area contributed by atoms with E-state index in [1.54, 1.807) is 0 Å². The minimum absolute atomic E-state index is 0.0196. The van der Waals surface area contributed by atoms with Gasteiger partial charge in [0, 0.05) is 35.0 Å². The fraction of sp³-hybridized carbons (Fsp3) is 0.0968. The van der Waals surface area contributed by atoms with Crippen LogP contribution in [-0.2, 0) is 11.3 Å². The molecule has 0 aliphatic carbocycles. The van der Waals surface area contributed by atoms with Crippen molar-refractivity contribution in [2.45, 2.75) is 19.9 Å². The average molecular weight is 499 g/mol. The number of carbonyl (C=O) groups excluding carboxylic acids is 1. The molecule has 3 heterocycles. The molecule has 3 aromatic heterocycles. The third kappa shape index (κ3) is 4.69. The van der Waals surface area contributed by atoms with Crippen molar-refractivity contribution in [1.82, 2.24) is 24.4 Å². The largest absolute Gasteiger partial charge is 0.326 e. The van der Waals surface area contributed by atoms with Crippen LogP contribution in [0.3, 0.4) is 0 Å². The molecule has 0 radical (unpaired) electrons. The molecular formula is C31H26N6O. The molecule has 38 heavy (non-hydrogen) atoms. The normalized spacial score (nSPS) is 11.1. The highest BCUT2D eigenvalue weighted by Crippen LogP contribution is 2.33. The molecular weight excluding hydrogens is 472 g/mol. The van der Waals surface area contributed by atoms with Gasteiger partial charge in [-0.3, -0.25) is 9.20 Å². The summed E-state index contributed by atoms with van der Waals surface area (Å²) in [6, 6.07) is 32.5. The number of carbonyl (C=O) groups is 1. The van der Waals surface area contributed by atoms with E-state index in [9.17, 15) is 4.79 Å². The highest BCUT2D eigenvalue weighted by Gasteiger charge is 2.15. The van der Waals surface area contributed by atoms with Crippen LogP contribution >= 0.6 is 0 Å². The van der Waals surface area contributed by atoms with Gasteiger partial charge >= 0.3 is 0 Å². The summed E-state index contributed by atoms with van der Waals surface area (Å²) in [4.78, 5) is 16.7. The summed E-state index contributed by atoms with van der Waals surface area (Å²) in [5.74, 6) is -0.0196. The molecule has 0 unspecified atom stereocenters. The van der Waals surface area contributed by atoms with Crippen LogP contribution in [0.15, 0.2) is 109 Å². The maximum absolute atomic E-state index is 11.7. The molecule has 6 aromatic rings. The van der Waals surface area contributed by atoms with Crippen molar-refractivity contribution in [3.63, 3.8) is 0 Å². The Morgan fingerprint density at radius 1 is 0.842 bits per heavy atom. The lowest BCUT2D eigenvalue weighted by Crippen LogP contribution is -2.09. The summed E-state index contributed by atoms with van der Waals surface area (Å²) >= 11 is 0. The van der Waals surface area contributed by atoms with Crippen molar-refractivity contribution in [1.29, 1.82) is 0 Å². The summed E-state index contributed by atoms with van der Waals surface area (Å²) in [5.41, 5.74) is 8.64. The van der Waals surface area contributed by atoms with E-state index in [1.807, 2.05) is 66.3 Å². The number of imidazole rings is 1.